The molecule has 0 amide bonds. The van der Waals surface area contributed by atoms with E-state index in [1.165, 1.54) is 0 Å². The molecule has 0 fully saturated rings. The smallest absolute Gasteiger partial charge is 0.161 e. The van der Waals surface area contributed by atoms with Crippen molar-refractivity contribution in [2.24, 2.45) is 5.84 Å². The van der Waals surface area contributed by atoms with E-state index in [0.717, 1.165) is 34.1 Å². The fourth-order valence-corrected chi connectivity index (χ4v) is 3.32. The molecule has 0 saturated heterocycles. The minimum atomic E-state index is -0.142. The quantitative estimate of drug-likeness (QED) is 0.671. The van der Waals surface area contributed by atoms with Gasteiger partial charge in [0.25, 0.3) is 0 Å². The summed E-state index contributed by atoms with van der Waals surface area (Å²) in [6.07, 6.45) is 0.890. The van der Waals surface area contributed by atoms with Gasteiger partial charge >= 0.3 is 0 Å². The highest BCUT2D eigenvalue weighted by Gasteiger charge is 2.21. The Kier molecular flexibility index (Phi) is 4.28. The van der Waals surface area contributed by atoms with E-state index in [0.29, 0.717) is 13.2 Å². The van der Waals surface area contributed by atoms with Crippen molar-refractivity contribution in [2.75, 3.05) is 20.3 Å². The zero-order chi connectivity index (χ0) is 14.7. The van der Waals surface area contributed by atoms with E-state index in [1.807, 2.05) is 29.6 Å². The van der Waals surface area contributed by atoms with Crippen LogP contribution < -0.4 is 25.5 Å². The normalized spacial score (nSPS) is 15.3. The molecule has 0 aliphatic carbocycles. The summed E-state index contributed by atoms with van der Waals surface area (Å²) in [5.41, 5.74) is 3.87. The first-order chi connectivity index (χ1) is 10.3. The second-order valence-electron chi connectivity index (χ2n) is 4.71. The largest absolute Gasteiger partial charge is 0.496 e. The van der Waals surface area contributed by atoms with Crippen LogP contribution in [0.5, 0.6) is 17.2 Å². The van der Waals surface area contributed by atoms with Crippen molar-refractivity contribution in [3.63, 3.8) is 0 Å². The van der Waals surface area contributed by atoms with E-state index in [1.54, 1.807) is 18.4 Å². The summed E-state index contributed by atoms with van der Waals surface area (Å²) in [5.74, 6) is 8.13. The zero-order valence-corrected chi connectivity index (χ0v) is 12.6. The molecule has 112 valence electrons. The van der Waals surface area contributed by atoms with Gasteiger partial charge in [-0.25, -0.2) is 5.43 Å². The summed E-state index contributed by atoms with van der Waals surface area (Å²) >= 11 is 1.60. The number of hydrazine groups is 1. The molecule has 3 rings (SSSR count). The first kappa shape index (κ1) is 14.2. The van der Waals surface area contributed by atoms with Gasteiger partial charge in [0.05, 0.1) is 31.2 Å². The minimum absolute atomic E-state index is 0.142. The predicted molar refractivity (Wildman–Crippen MR) is 82.1 cm³/mol. The fraction of sp³-hybridized carbons (Fsp3) is 0.333. The monoisotopic (exact) mass is 306 g/mol. The van der Waals surface area contributed by atoms with Crippen LogP contribution in [0.2, 0.25) is 0 Å². The highest BCUT2D eigenvalue weighted by Crippen LogP contribution is 2.38. The number of fused-ring (bicyclic) bond motifs is 1. The number of methoxy groups -OCH3 is 1. The zero-order valence-electron chi connectivity index (χ0n) is 11.8. The Morgan fingerprint density at radius 3 is 2.81 bits per heavy atom. The summed E-state index contributed by atoms with van der Waals surface area (Å²) < 4.78 is 16.8. The maximum Gasteiger partial charge on any atom is 0.161 e. The fourth-order valence-electron chi connectivity index (χ4n) is 2.37. The maximum atomic E-state index is 5.76. The van der Waals surface area contributed by atoms with Gasteiger partial charge in [0, 0.05) is 6.42 Å². The topological polar surface area (TPSA) is 65.7 Å². The van der Waals surface area contributed by atoms with Crippen LogP contribution in [0.4, 0.5) is 0 Å². The molecule has 1 unspecified atom stereocenters. The van der Waals surface area contributed by atoms with Gasteiger partial charge in [-0.2, -0.15) is 0 Å². The molecule has 0 bridgehead atoms. The Labute approximate surface area is 127 Å². The molecule has 0 spiro atoms. The van der Waals surface area contributed by atoms with Crippen molar-refractivity contribution in [1.29, 1.82) is 0 Å². The number of ether oxygens (including phenoxy) is 3. The molecule has 5 nitrogen and oxygen atoms in total. The van der Waals surface area contributed by atoms with Crippen molar-refractivity contribution in [1.82, 2.24) is 5.43 Å². The molecule has 1 aromatic heterocycles. The highest BCUT2D eigenvalue weighted by atomic mass is 32.1. The molecule has 1 aliphatic heterocycles. The van der Waals surface area contributed by atoms with Gasteiger partial charge in [-0.3, -0.25) is 5.84 Å². The summed E-state index contributed by atoms with van der Waals surface area (Å²) in [4.78, 5) is 1.04. The van der Waals surface area contributed by atoms with Crippen LogP contribution in [0.3, 0.4) is 0 Å². The number of benzene rings is 1. The molecular weight excluding hydrogens is 288 g/mol. The van der Waals surface area contributed by atoms with Crippen LogP contribution in [0, 0.1) is 0 Å². The average Bonchev–Trinajstić information content (AvgIpc) is 2.85. The number of nitrogens with two attached hydrogens (primary N) is 1. The first-order valence-electron chi connectivity index (χ1n) is 6.80. The summed E-state index contributed by atoms with van der Waals surface area (Å²) in [5, 5.41) is 1.99. The number of thiophene rings is 1. The van der Waals surface area contributed by atoms with E-state index < -0.39 is 0 Å². The molecule has 3 N–H and O–H groups in total. The van der Waals surface area contributed by atoms with E-state index in [4.69, 9.17) is 20.1 Å². The third kappa shape index (κ3) is 2.83. The third-order valence-corrected chi connectivity index (χ3v) is 4.37. The Morgan fingerprint density at radius 1 is 1.24 bits per heavy atom. The molecule has 6 heteroatoms. The molecule has 0 radical (unpaired) electrons. The Bertz CT molecular complexity index is 615. The van der Waals surface area contributed by atoms with Gasteiger partial charge in [-0.15, -0.1) is 11.3 Å². The second kappa shape index (κ2) is 6.34. The Hall–Kier alpha value is -1.76. The van der Waals surface area contributed by atoms with Crippen molar-refractivity contribution >= 4 is 11.3 Å². The summed E-state index contributed by atoms with van der Waals surface area (Å²) in [6, 6.07) is 7.70. The lowest BCUT2D eigenvalue weighted by Crippen LogP contribution is -2.28. The number of rotatable bonds is 4. The molecule has 2 aromatic rings. The lowest BCUT2D eigenvalue weighted by atomic mass is 10.0. The molecule has 21 heavy (non-hydrogen) atoms. The predicted octanol–water partition coefficient (Wildman–Crippen LogP) is 2.47. The van der Waals surface area contributed by atoms with Gasteiger partial charge in [-0.05, 0) is 29.1 Å². The molecule has 0 saturated carbocycles. The lowest BCUT2D eigenvalue weighted by Gasteiger charge is -2.18. The average molecular weight is 306 g/mol. The summed E-state index contributed by atoms with van der Waals surface area (Å²) in [7, 11) is 1.66. The molecule has 1 aromatic carbocycles. The Balaban J connectivity index is 1.96. The van der Waals surface area contributed by atoms with Crippen molar-refractivity contribution in [3.05, 3.63) is 40.1 Å². The minimum Gasteiger partial charge on any atom is -0.496 e. The second-order valence-corrected chi connectivity index (χ2v) is 5.66. The molecule has 1 atom stereocenters. The molecule has 2 heterocycles. The van der Waals surface area contributed by atoms with Gasteiger partial charge in [0.15, 0.2) is 11.5 Å². The van der Waals surface area contributed by atoms with Crippen LogP contribution in [0.1, 0.15) is 22.9 Å². The van der Waals surface area contributed by atoms with E-state index in [-0.39, 0.29) is 6.04 Å². The van der Waals surface area contributed by atoms with Crippen LogP contribution in [-0.4, -0.2) is 20.3 Å². The van der Waals surface area contributed by atoms with Crippen LogP contribution in [-0.2, 0) is 0 Å². The summed E-state index contributed by atoms with van der Waals surface area (Å²) in [6.45, 7) is 1.35. The van der Waals surface area contributed by atoms with Crippen LogP contribution >= 0.6 is 11.3 Å². The third-order valence-electron chi connectivity index (χ3n) is 3.41. The first-order valence-corrected chi connectivity index (χ1v) is 7.68. The van der Waals surface area contributed by atoms with Crippen LogP contribution in [0.25, 0.3) is 0 Å². The standard InChI is InChI=1S/C15H18N2O3S/c1-18-12-5-8-21-15(12)14(17-16)10-3-4-11-13(9-10)20-7-2-6-19-11/h3-5,8-9,14,17H,2,6-7,16H2,1H3. The highest BCUT2D eigenvalue weighted by molar-refractivity contribution is 7.10. The maximum absolute atomic E-state index is 5.76. The van der Waals surface area contributed by atoms with E-state index in [9.17, 15) is 0 Å². The Morgan fingerprint density at radius 2 is 2.05 bits per heavy atom. The van der Waals surface area contributed by atoms with Crippen LogP contribution in [0.15, 0.2) is 29.6 Å². The van der Waals surface area contributed by atoms with E-state index >= 15 is 0 Å². The van der Waals surface area contributed by atoms with Gasteiger partial charge in [-0.1, -0.05) is 6.07 Å². The van der Waals surface area contributed by atoms with Crippen molar-refractivity contribution in [3.8, 4) is 17.2 Å². The van der Waals surface area contributed by atoms with E-state index in [2.05, 4.69) is 5.43 Å². The lowest BCUT2D eigenvalue weighted by molar-refractivity contribution is 0.297. The number of hydrogen-bond acceptors (Lipinski definition) is 6. The van der Waals surface area contributed by atoms with Gasteiger partial charge in [0.1, 0.15) is 5.75 Å². The van der Waals surface area contributed by atoms with Gasteiger partial charge < -0.3 is 14.2 Å². The SMILES string of the molecule is COc1ccsc1C(NN)c1ccc2c(c1)OCCCO2. The van der Waals surface area contributed by atoms with Gasteiger partial charge in [0.2, 0.25) is 0 Å². The number of nitrogens with one attached hydrogen (secondary N) is 1. The molecule has 1 aliphatic rings. The molecular formula is C15H18N2O3S. The van der Waals surface area contributed by atoms with Crippen molar-refractivity contribution < 1.29 is 14.2 Å². The number of hydrogen-bond donors (Lipinski definition) is 2. The van der Waals surface area contributed by atoms with Crippen molar-refractivity contribution in [2.45, 2.75) is 12.5 Å².